The lowest BCUT2D eigenvalue weighted by Crippen LogP contribution is -2.22. The lowest BCUT2D eigenvalue weighted by atomic mass is 9.75. The fourth-order valence-electron chi connectivity index (χ4n) is 12.4. The molecule has 1 saturated carbocycles. The van der Waals surface area contributed by atoms with Gasteiger partial charge in [0, 0.05) is 66.8 Å². The Morgan fingerprint density at radius 2 is 0.791 bits per heavy atom. The molecule has 1 aliphatic carbocycles. The molecule has 5 aromatic carbocycles. The molecular weight excluding hydrogens is 1410 g/mol. The first-order chi connectivity index (χ1) is 50.7. The molecule has 3 heterocycles. The van der Waals surface area contributed by atoms with E-state index in [2.05, 4.69) is 184 Å². The molecule has 19 heteroatoms. The number of hydrogen-bond acceptors (Lipinski definition) is 14. The Labute approximate surface area is 660 Å². The van der Waals surface area contributed by atoms with Crippen molar-refractivity contribution in [2.45, 2.75) is 250 Å². The number of carbonyl (C=O) groups excluding carboxylic acids is 2. The van der Waals surface area contributed by atoms with Gasteiger partial charge in [-0.05, 0) is 224 Å². The predicted molar refractivity (Wildman–Crippen MR) is 448 cm³/mol. The SMILES string of the molecule is CC(C)C1CCC(CC(=O)CC(C)(C)C)CC1.Cc1cc(Cc2ccc(C(=O)C(C)(C)C)c(F)c2)nc(N)n1.Cc1cc(Cc2ccc(CC(C)(C)C)c(F)c2)nc(N)n1.Cc1cc(Cc2ccc(CC(C)(C)C)c(F)c2)nc(N)n1.Cc1ccc(CC(C)(C)C)c(F)c1.Cc1ccc(NCC(C)(C)C)cc1.O=S=O. The maximum atomic E-state index is 14.2. The van der Waals surface area contributed by atoms with Gasteiger partial charge in [0.2, 0.25) is 17.8 Å². The van der Waals surface area contributed by atoms with E-state index in [0.29, 0.717) is 36.4 Å². The van der Waals surface area contributed by atoms with Gasteiger partial charge in [-0.15, -0.1) is 0 Å². The summed E-state index contributed by atoms with van der Waals surface area (Å²) in [4.78, 5) is 48.7. The summed E-state index contributed by atoms with van der Waals surface area (Å²) in [6.07, 6.45) is 10.6. The highest BCUT2D eigenvalue weighted by Crippen LogP contribution is 2.36. The van der Waals surface area contributed by atoms with E-state index >= 15 is 0 Å². The molecule has 7 N–H and O–H groups in total. The number of aromatic nitrogens is 6. The van der Waals surface area contributed by atoms with Crippen LogP contribution in [-0.4, -0.2) is 56.4 Å². The number of hydrogen-bond donors (Lipinski definition) is 4. The van der Waals surface area contributed by atoms with Crippen LogP contribution in [0.2, 0.25) is 0 Å². The van der Waals surface area contributed by atoms with Gasteiger partial charge >= 0.3 is 11.6 Å². The maximum absolute atomic E-state index is 14.2. The molecule has 0 bridgehead atoms. The van der Waals surface area contributed by atoms with Crippen molar-refractivity contribution in [1.82, 2.24) is 29.9 Å². The van der Waals surface area contributed by atoms with Gasteiger partial charge in [0.1, 0.15) is 29.1 Å². The summed E-state index contributed by atoms with van der Waals surface area (Å²) >= 11 is -0.750. The molecule has 9 rings (SSSR count). The zero-order valence-corrected chi connectivity index (χ0v) is 71.7. The summed E-state index contributed by atoms with van der Waals surface area (Å²) in [5.74, 6) is 2.52. The van der Waals surface area contributed by atoms with Gasteiger partial charge in [-0.2, -0.15) is 8.42 Å². The van der Waals surface area contributed by atoms with Gasteiger partial charge in [0.05, 0.1) is 22.6 Å². The minimum atomic E-state index is -0.750. The van der Waals surface area contributed by atoms with E-state index in [1.54, 1.807) is 45.0 Å². The minimum Gasteiger partial charge on any atom is -0.385 e. The number of carbonyl (C=O) groups is 2. The smallest absolute Gasteiger partial charge is 0.335 e. The number of anilines is 4. The van der Waals surface area contributed by atoms with Gasteiger partial charge in [0.25, 0.3) is 0 Å². The van der Waals surface area contributed by atoms with E-state index in [-0.39, 0.29) is 68.3 Å². The van der Waals surface area contributed by atoms with Crippen LogP contribution in [-0.2, 0) is 54.9 Å². The van der Waals surface area contributed by atoms with Crippen molar-refractivity contribution >= 4 is 46.7 Å². The fourth-order valence-corrected chi connectivity index (χ4v) is 12.4. The van der Waals surface area contributed by atoms with Gasteiger partial charge in [0.15, 0.2) is 5.78 Å². The molecule has 110 heavy (non-hydrogen) atoms. The lowest BCUT2D eigenvalue weighted by Gasteiger charge is -2.31. The Morgan fingerprint density at radius 1 is 0.445 bits per heavy atom. The van der Waals surface area contributed by atoms with Crippen LogP contribution in [0.5, 0.6) is 0 Å². The Hall–Kier alpha value is -8.58. The number of nitrogens with one attached hydrogen (secondary N) is 1. The van der Waals surface area contributed by atoms with Crippen molar-refractivity contribution < 1.29 is 35.6 Å². The third-order valence-corrected chi connectivity index (χ3v) is 17.4. The van der Waals surface area contributed by atoms with Crippen molar-refractivity contribution in [3.8, 4) is 0 Å². The highest BCUT2D eigenvalue weighted by atomic mass is 32.1. The number of ketones is 2. The van der Waals surface area contributed by atoms with Crippen LogP contribution in [0.25, 0.3) is 0 Å². The van der Waals surface area contributed by atoms with Crippen LogP contribution in [0, 0.1) is 108 Å². The van der Waals surface area contributed by atoms with Crippen LogP contribution in [0.4, 0.5) is 41.1 Å². The van der Waals surface area contributed by atoms with Crippen LogP contribution >= 0.6 is 0 Å². The topological polar surface area (TPSA) is 236 Å². The second-order valence-corrected chi connectivity index (χ2v) is 37.1. The molecule has 0 aliphatic heterocycles. The Balaban J connectivity index is 0.000000343. The van der Waals surface area contributed by atoms with Gasteiger partial charge in [-0.1, -0.05) is 199 Å². The second-order valence-electron chi connectivity index (χ2n) is 37.0. The minimum absolute atomic E-state index is 0.0700. The van der Waals surface area contributed by atoms with E-state index in [1.807, 2.05) is 82.3 Å². The quantitative estimate of drug-likeness (QED) is 0.0520. The standard InChI is InChI=1S/C17H20FN3O.2C17H22FN3.C16H30O.C12H17F.C12H19N.O2S/c1-10-7-12(21-16(19)20-10)8-11-5-6-13(14(18)9-11)15(22)17(2,3)4;2*1-11-7-14(21-16(19)20-11)8-12-5-6-13(15(18)9-12)10-17(2,3)4;1-12(2)14-8-6-13(7-9-14)10-15(17)11-16(3,4)5;1-9-5-6-10(11(13)7-9)8-12(2,3)4;1-10-5-7-11(8-6-10)13-9-12(2,3)4;1-3-2/h5-7,9H,8H2,1-4H3,(H2,19,20,21);2*5-7,9H,8,10H2,1-4H3,(H2,19,20,21);12-14H,6-11H2,1-5H3;5-7H,8H2,1-4H3;5-8,13H,9H2,1-4H3;. The molecule has 0 unspecified atom stereocenters. The monoisotopic (exact) mass is 1530 g/mol. The Morgan fingerprint density at radius 3 is 1.10 bits per heavy atom. The highest BCUT2D eigenvalue weighted by molar-refractivity contribution is 7.51. The molecule has 1 aliphatic rings. The Bertz CT molecular complexity index is 4080. The Kier molecular flexibility index (Phi) is 37.6. The molecule has 1 fully saturated rings. The number of nitrogen functional groups attached to an aromatic ring is 3. The third kappa shape index (κ3) is 39.9. The molecule has 0 saturated heterocycles. The zero-order valence-electron chi connectivity index (χ0n) is 70.9. The first-order valence-electron chi connectivity index (χ1n) is 38.3. The first kappa shape index (κ1) is 95.6. The van der Waals surface area contributed by atoms with E-state index in [1.165, 1.54) is 49.1 Å². The van der Waals surface area contributed by atoms with Crippen LogP contribution < -0.4 is 22.5 Å². The molecule has 3 aromatic heterocycles. The van der Waals surface area contributed by atoms with Crippen molar-refractivity contribution in [3.63, 3.8) is 0 Å². The second kappa shape index (κ2) is 43.3. The average Bonchev–Trinajstić information content (AvgIpc) is 0.821. The lowest BCUT2D eigenvalue weighted by molar-refractivity contribution is -0.122. The molecule has 0 spiro atoms. The summed E-state index contributed by atoms with van der Waals surface area (Å²) in [5.41, 5.74) is 30.3. The number of nitrogens with zero attached hydrogens (tertiary/aromatic N) is 6. The molecule has 0 atom stereocenters. The van der Waals surface area contributed by atoms with Crippen molar-refractivity contribution in [2.24, 2.45) is 50.2 Å². The number of Topliss-reactive ketones (excluding diaryl/α,β-unsaturated/α-hetero) is 2. The van der Waals surface area contributed by atoms with E-state index in [0.717, 1.165) is 124 Å². The number of rotatable bonds is 16. The average molecular weight is 1540 g/mol. The summed E-state index contributed by atoms with van der Waals surface area (Å²) in [6.45, 7) is 52.7. The maximum Gasteiger partial charge on any atom is 0.335 e. The number of halogens is 4. The van der Waals surface area contributed by atoms with Crippen LogP contribution in [0.15, 0.2) is 115 Å². The number of benzene rings is 5. The van der Waals surface area contributed by atoms with E-state index in [9.17, 15) is 27.2 Å². The molecule has 602 valence electrons. The molecule has 14 nitrogen and oxygen atoms in total. The summed E-state index contributed by atoms with van der Waals surface area (Å²) in [5, 5.41) is 3.41. The van der Waals surface area contributed by atoms with E-state index in [4.69, 9.17) is 25.6 Å². The molecule has 0 amide bonds. The highest BCUT2D eigenvalue weighted by Gasteiger charge is 2.28. The normalized spacial score (nSPS) is 13.7. The van der Waals surface area contributed by atoms with Gasteiger partial charge in [-0.25, -0.2) is 47.5 Å². The molecule has 0 radical (unpaired) electrons. The summed E-state index contributed by atoms with van der Waals surface area (Å²) in [6, 6.07) is 35.0. The number of aryl methyl sites for hydroxylation is 5. The fraction of sp³-hybridized carbons (Fsp3) is 0.516. The van der Waals surface area contributed by atoms with Gasteiger partial charge in [-0.3, -0.25) is 9.59 Å². The van der Waals surface area contributed by atoms with Crippen molar-refractivity contribution in [2.75, 3.05) is 29.1 Å². The zero-order chi connectivity index (χ0) is 83.5. The van der Waals surface area contributed by atoms with Crippen molar-refractivity contribution in [1.29, 1.82) is 0 Å². The summed E-state index contributed by atoms with van der Waals surface area (Å²) in [7, 11) is 0. The number of nitrogens with two attached hydrogens (primary N) is 3. The van der Waals surface area contributed by atoms with Crippen molar-refractivity contribution in [3.05, 3.63) is 223 Å². The van der Waals surface area contributed by atoms with Crippen LogP contribution in [0.1, 0.15) is 266 Å². The van der Waals surface area contributed by atoms with Crippen LogP contribution in [0.3, 0.4) is 0 Å². The molecular formula is C91H130F4N10O4S. The van der Waals surface area contributed by atoms with E-state index < -0.39 is 22.8 Å². The molecule has 8 aromatic rings. The third-order valence-electron chi connectivity index (χ3n) is 17.4. The largest absolute Gasteiger partial charge is 0.385 e. The first-order valence-corrected chi connectivity index (χ1v) is 39.0. The predicted octanol–water partition coefficient (Wildman–Crippen LogP) is 22.0. The van der Waals surface area contributed by atoms with Gasteiger partial charge < -0.3 is 22.5 Å². The summed E-state index contributed by atoms with van der Waals surface area (Å²) < 4.78 is 72.5.